The van der Waals surface area contributed by atoms with Crippen molar-refractivity contribution in [1.29, 1.82) is 0 Å². The molecule has 0 radical (unpaired) electrons. The molecular weight excluding hydrogens is 290 g/mol. The Morgan fingerprint density at radius 2 is 2.30 bits per heavy atom. The van der Waals surface area contributed by atoms with Gasteiger partial charge in [-0.2, -0.15) is 0 Å². The van der Waals surface area contributed by atoms with Gasteiger partial charge in [-0.25, -0.2) is 4.79 Å². The van der Waals surface area contributed by atoms with Crippen LogP contribution in [0, 0.1) is 12.0 Å². The summed E-state index contributed by atoms with van der Waals surface area (Å²) >= 11 is 0. The fraction of sp³-hybridized carbons (Fsp3) is 0.632. The molecule has 0 bridgehead atoms. The largest absolute Gasteiger partial charge is 0.450 e. The lowest BCUT2D eigenvalue weighted by Crippen LogP contribution is -2.55. The molecule has 0 saturated carbocycles. The second-order valence-corrected chi connectivity index (χ2v) is 6.73. The molecule has 0 N–H and O–H groups in total. The molecule has 3 aliphatic rings. The summed E-state index contributed by atoms with van der Waals surface area (Å²) < 4.78 is 11.1. The summed E-state index contributed by atoms with van der Waals surface area (Å²) in [4.78, 5) is 14.4. The first-order valence-electron chi connectivity index (χ1n) is 8.62. The molecule has 0 aromatic heterocycles. The van der Waals surface area contributed by atoms with Crippen molar-refractivity contribution in [2.75, 3.05) is 13.2 Å². The van der Waals surface area contributed by atoms with Crippen LogP contribution < -0.4 is 0 Å². The monoisotopic (exact) mass is 315 g/mol. The highest BCUT2D eigenvalue weighted by molar-refractivity contribution is 5.89. The van der Waals surface area contributed by atoms with Gasteiger partial charge >= 0.3 is 5.97 Å². The maximum absolute atomic E-state index is 12.0. The van der Waals surface area contributed by atoms with Crippen molar-refractivity contribution in [2.45, 2.75) is 64.1 Å². The SMILES string of the molecule is CCCOC#CC1=C[C@H](C)N2CCCC[C@@H]2[C@@]2(C)OC(=O)C=C12. The van der Waals surface area contributed by atoms with Gasteiger partial charge in [0.15, 0.2) is 5.60 Å². The number of nitrogens with zero attached hydrogens (tertiary/aromatic N) is 1. The first-order chi connectivity index (χ1) is 11.1. The Morgan fingerprint density at radius 1 is 1.48 bits per heavy atom. The number of hydrogen-bond donors (Lipinski definition) is 0. The lowest BCUT2D eigenvalue weighted by Gasteiger charge is -2.45. The number of ether oxygens (including phenoxy) is 2. The first-order valence-corrected chi connectivity index (χ1v) is 8.62. The van der Waals surface area contributed by atoms with Gasteiger partial charge in [-0.3, -0.25) is 4.90 Å². The Bertz CT molecular complexity index is 610. The van der Waals surface area contributed by atoms with Crippen LogP contribution >= 0.6 is 0 Å². The summed E-state index contributed by atoms with van der Waals surface area (Å²) in [6.45, 7) is 7.94. The van der Waals surface area contributed by atoms with Crippen LogP contribution in [0.4, 0.5) is 0 Å². The van der Waals surface area contributed by atoms with Gasteiger partial charge in [0, 0.05) is 23.3 Å². The lowest BCUT2D eigenvalue weighted by atomic mass is 9.81. The molecule has 3 heterocycles. The molecular formula is C19H25NO3. The third kappa shape index (κ3) is 2.90. The Balaban J connectivity index is 1.99. The average molecular weight is 315 g/mol. The van der Waals surface area contributed by atoms with Crippen LogP contribution in [0.3, 0.4) is 0 Å². The van der Waals surface area contributed by atoms with E-state index in [2.05, 4.69) is 36.9 Å². The van der Waals surface area contributed by atoms with Gasteiger partial charge in [0.25, 0.3) is 0 Å². The lowest BCUT2D eigenvalue weighted by molar-refractivity contribution is -0.151. The van der Waals surface area contributed by atoms with Crippen molar-refractivity contribution in [3.8, 4) is 12.0 Å². The van der Waals surface area contributed by atoms with Gasteiger partial charge in [0.2, 0.25) is 0 Å². The van der Waals surface area contributed by atoms with Crippen LogP contribution in [0.1, 0.15) is 46.5 Å². The number of carbonyl (C=O) groups is 1. The van der Waals surface area contributed by atoms with E-state index in [1.54, 1.807) is 6.08 Å². The van der Waals surface area contributed by atoms with Gasteiger partial charge in [0.05, 0.1) is 12.6 Å². The van der Waals surface area contributed by atoms with E-state index in [1.807, 2.05) is 6.92 Å². The molecule has 0 amide bonds. The van der Waals surface area contributed by atoms with Gasteiger partial charge in [-0.15, -0.1) is 0 Å². The standard InChI is InChI=1S/C19H25NO3/c1-4-10-22-11-8-15-12-14(2)20-9-6-5-7-17(20)19(3)16(15)13-18(21)23-19/h12-14,17H,4-7,9-10H2,1-3H3/t14-,17+,19-/m0/s1. The number of piperidine rings is 1. The minimum atomic E-state index is -0.604. The number of fused-ring (bicyclic) bond motifs is 3. The van der Waals surface area contributed by atoms with Crippen molar-refractivity contribution in [3.05, 3.63) is 23.3 Å². The third-order valence-corrected chi connectivity index (χ3v) is 5.07. The maximum atomic E-state index is 12.0. The number of esters is 1. The summed E-state index contributed by atoms with van der Waals surface area (Å²) in [5, 5.41) is 0. The number of carbonyl (C=O) groups excluding carboxylic acids is 1. The zero-order chi connectivity index (χ0) is 16.4. The van der Waals surface area contributed by atoms with Crippen LogP contribution in [0.25, 0.3) is 0 Å². The third-order valence-electron chi connectivity index (χ3n) is 5.07. The van der Waals surface area contributed by atoms with Crippen molar-refractivity contribution < 1.29 is 14.3 Å². The Labute approximate surface area is 138 Å². The summed E-state index contributed by atoms with van der Waals surface area (Å²) in [5.41, 5.74) is 1.18. The molecule has 0 spiro atoms. The van der Waals surface area contributed by atoms with Crippen LogP contribution in [-0.2, 0) is 14.3 Å². The maximum Gasteiger partial charge on any atom is 0.332 e. The van der Waals surface area contributed by atoms with Crippen molar-refractivity contribution in [1.82, 2.24) is 4.90 Å². The quantitative estimate of drug-likeness (QED) is 0.446. The topological polar surface area (TPSA) is 38.8 Å². The van der Waals surface area contributed by atoms with Gasteiger partial charge < -0.3 is 9.47 Å². The molecule has 1 saturated heterocycles. The number of hydrogen-bond acceptors (Lipinski definition) is 4. The Hall–Kier alpha value is -1.73. The molecule has 4 heteroatoms. The molecule has 0 aromatic carbocycles. The van der Waals surface area contributed by atoms with Gasteiger partial charge in [-0.05, 0) is 45.6 Å². The molecule has 0 unspecified atom stereocenters. The molecule has 3 aliphatic heterocycles. The van der Waals surface area contributed by atoms with Crippen molar-refractivity contribution >= 4 is 5.97 Å². The normalized spacial score (nSPS) is 33.3. The zero-order valence-corrected chi connectivity index (χ0v) is 14.2. The molecule has 3 rings (SSSR count). The molecule has 0 aromatic rings. The molecule has 124 valence electrons. The highest BCUT2D eigenvalue weighted by Crippen LogP contribution is 2.44. The van der Waals surface area contributed by atoms with E-state index >= 15 is 0 Å². The second-order valence-electron chi connectivity index (χ2n) is 6.73. The predicted molar refractivity (Wildman–Crippen MR) is 88.5 cm³/mol. The van der Waals surface area contributed by atoms with Crippen molar-refractivity contribution in [3.63, 3.8) is 0 Å². The summed E-state index contributed by atoms with van der Waals surface area (Å²) in [7, 11) is 0. The molecule has 1 fully saturated rings. The van der Waals surface area contributed by atoms with Crippen molar-refractivity contribution in [2.24, 2.45) is 0 Å². The molecule has 0 aliphatic carbocycles. The Kier molecular flexibility index (Phi) is 4.50. The molecule has 4 nitrogen and oxygen atoms in total. The molecule has 23 heavy (non-hydrogen) atoms. The van der Waals surface area contributed by atoms with Crippen LogP contribution in [0.2, 0.25) is 0 Å². The van der Waals surface area contributed by atoms with E-state index in [0.29, 0.717) is 6.61 Å². The summed E-state index contributed by atoms with van der Waals surface area (Å²) in [6, 6.07) is 0.494. The van der Waals surface area contributed by atoms with E-state index in [0.717, 1.165) is 30.5 Å². The minimum Gasteiger partial charge on any atom is -0.450 e. The fourth-order valence-corrected chi connectivity index (χ4v) is 3.96. The smallest absolute Gasteiger partial charge is 0.332 e. The van der Waals surface area contributed by atoms with Gasteiger partial charge in [0.1, 0.15) is 6.11 Å². The predicted octanol–water partition coefficient (Wildman–Crippen LogP) is 2.80. The minimum absolute atomic E-state index is 0.219. The van der Waals surface area contributed by atoms with E-state index in [4.69, 9.17) is 9.47 Å². The fourth-order valence-electron chi connectivity index (χ4n) is 3.96. The first kappa shape index (κ1) is 16.1. The zero-order valence-electron chi connectivity index (χ0n) is 14.2. The van der Waals surface area contributed by atoms with E-state index in [9.17, 15) is 4.79 Å². The average Bonchev–Trinajstić information content (AvgIpc) is 2.82. The molecule has 3 atom stereocenters. The van der Waals surface area contributed by atoms with E-state index < -0.39 is 5.60 Å². The van der Waals surface area contributed by atoms with Gasteiger partial charge in [-0.1, -0.05) is 19.4 Å². The number of rotatable bonds is 2. The highest BCUT2D eigenvalue weighted by atomic mass is 16.6. The van der Waals surface area contributed by atoms with Crippen LogP contribution in [0.5, 0.6) is 0 Å². The highest BCUT2D eigenvalue weighted by Gasteiger charge is 2.51. The Morgan fingerprint density at radius 3 is 3.09 bits per heavy atom. The second kappa shape index (κ2) is 6.41. The summed E-state index contributed by atoms with van der Waals surface area (Å²) in [5.74, 6) is 2.86. The van der Waals surface area contributed by atoms with E-state index in [1.165, 1.54) is 12.8 Å². The van der Waals surface area contributed by atoms with E-state index in [-0.39, 0.29) is 18.1 Å². The van der Waals surface area contributed by atoms with Crippen LogP contribution in [0.15, 0.2) is 23.3 Å². The summed E-state index contributed by atoms with van der Waals surface area (Å²) in [6.07, 6.45) is 10.9. The van der Waals surface area contributed by atoms with Crippen LogP contribution in [-0.4, -0.2) is 41.7 Å².